The van der Waals surface area contributed by atoms with Gasteiger partial charge in [-0.05, 0) is 6.92 Å². The molecule has 0 spiro atoms. The van der Waals surface area contributed by atoms with Crippen LogP contribution in [0.5, 0.6) is 0 Å². The number of hydrogen-bond acceptors (Lipinski definition) is 4. The molecule has 1 aromatic carbocycles. The zero-order valence-electron chi connectivity index (χ0n) is 12.4. The maximum absolute atomic E-state index is 12.1. The van der Waals surface area contributed by atoms with E-state index in [1.165, 1.54) is 12.1 Å². The van der Waals surface area contributed by atoms with E-state index in [-0.39, 0.29) is 16.7 Å². The number of benzene rings is 1. The molecule has 0 aliphatic heterocycles. The van der Waals surface area contributed by atoms with Crippen molar-refractivity contribution < 1.29 is 4.92 Å². The van der Waals surface area contributed by atoms with E-state index in [0.717, 1.165) is 0 Å². The largest absolute Gasteiger partial charge is 0.310 e. The molecule has 2 rings (SSSR count). The Labute approximate surface area is 122 Å². The minimum atomic E-state index is -0.462. The van der Waals surface area contributed by atoms with E-state index in [9.17, 15) is 14.9 Å². The summed E-state index contributed by atoms with van der Waals surface area (Å²) < 4.78 is 0. The van der Waals surface area contributed by atoms with E-state index in [1.807, 2.05) is 20.8 Å². The standard InChI is InChI=1S/C15H17N3O3/c1-9-12(10-6-5-7-11(8-10)18(20)21)16-14(15(2,3)4)17-13(9)19/h5-8H,1-4H3,(H,16,17,19). The summed E-state index contributed by atoms with van der Waals surface area (Å²) in [5.41, 5.74) is 0.930. The summed E-state index contributed by atoms with van der Waals surface area (Å²) in [5.74, 6) is 0.555. The molecule has 1 heterocycles. The molecule has 0 aliphatic rings. The van der Waals surface area contributed by atoms with Gasteiger partial charge in [-0.2, -0.15) is 0 Å². The van der Waals surface area contributed by atoms with Crippen LogP contribution >= 0.6 is 0 Å². The van der Waals surface area contributed by atoms with Crippen LogP contribution < -0.4 is 5.56 Å². The Kier molecular flexibility index (Phi) is 3.63. The predicted octanol–water partition coefficient (Wildman–Crippen LogP) is 2.95. The quantitative estimate of drug-likeness (QED) is 0.679. The molecule has 0 aliphatic carbocycles. The third kappa shape index (κ3) is 2.99. The van der Waals surface area contributed by atoms with Crippen LogP contribution in [0.15, 0.2) is 29.1 Å². The summed E-state index contributed by atoms with van der Waals surface area (Å²) in [7, 11) is 0. The molecule has 6 nitrogen and oxygen atoms in total. The fourth-order valence-electron chi connectivity index (χ4n) is 1.94. The topological polar surface area (TPSA) is 88.9 Å². The van der Waals surface area contributed by atoms with Crippen molar-refractivity contribution in [2.45, 2.75) is 33.1 Å². The maximum Gasteiger partial charge on any atom is 0.270 e. The van der Waals surface area contributed by atoms with Gasteiger partial charge in [0.05, 0.1) is 10.6 Å². The molecule has 1 aromatic heterocycles. The Hall–Kier alpha value is -2.50. The second-order valence-electron chi connectivity index (χ2n) is 5.95. The summed E-state index contributed by atoms with van der Waals surface area (Å²) in [6.07, 6.45) is 0. The van der Waals surface area contributed by atoms with Gasteiger partial charge >= 0.3 is 0 Å². The Morgan fingerprint density at radius 2 is 1.95 bits per heavy atom. The molecule has 0 atom stereocenters. The van der Waals surface area contributed by atoms with Gasteiger partial charge in [0, 0.05) is 28.7 Å². The average Bonchev–Trinajstić information content (AvgIpc) is 2.40. The van der Waals surface area contributed by atoms with Crippen molar-refractivity contribution in [2.75, 3.05) is 0 Å². The highest BCUT2D eigenvalue weighted by Crippen LogP contribution is 2.26. The van der Waals surface area contributed by atoms with Crippen LogP contribution in [0, 0.1) is 17.0 Å². The number of aromatic nitrogens is 2. The van der Waals surface area contributed by atoms with Crippen LogP contribution in [0.1, 0.15) is 32.2 Å². The number of nitrogens with one attached hydrogen (secondary N) is 1. The van der Waals surface area contributed by atoms with E-state index in [1.54, 1.807) is 19.1 Å². The molecule has 6 heteroatoms. The number of H-pyrrole nitrogens is 1. The zero-order chi connectivity index (χ0) is 15.8. The van der Waals surface area contributed by atoms with Gasteiger partial charge in [0.1, 0.15) is 5.82 Å². The predicted molar refractivity (Wildman–Crippen MR) is 80.4 cm³/mol. The smallest absolute Gasteiger partial charge is 0.270 e. The summed E-state index contributed by atoms with van der Waals surface area (Å²) in [4.78, 5) is 29.7. The lowest BCUT2D eigenvalue weighted by Crippen LogP contribution is -2.24. The number of nitrogens with zero attached hydrogens (tertiary/aromatic N) is 2. The van der Waals surface area contributed by atoms with Gasteiger partial charge in [0.15, 0.2) is 0 Å². The van der Waals surface area contributed by atoms with E-state index in [2.05, 4.69) is 9.97 Å². The Bertz CT molecular complexity index is 757. The third-order valence-electron chi connectivity index (χ3n) is 3.19. The van der Waals surface area contributed by atoms with Crippen LogP contribution in [0.2, 0.25) is 0 Å². The minimum absolute atomic E-state index is 0.0220. The molecule has 0 bridgehead atoms. The Balaban J connectivity index is 2.69. The normalized spacial score (nSPS) is 11.4. The van der Waals surface area contributed by atoms with Crippen molar-refractivity contribution in [1.29, 1.82) is 0 Å². The molecule has 0 unspecified atom stereocenters. The minimum Gasteiger partial charge on any atom is -0.310 e. The van der Waals surface area contributed by atoms with Gasteiger partial charge in [0.25, 0.3) is 11.2 Å². The first-order valence-electron chi connectivity index (χ1n) is 6.56. The third-order valence-corrected chi connectivity index (χ3v) is 3.19. The second-order valence-corrected chi connectivity index (χ2v) is 5.95. The molecule has 0 radical (unpaired) electrons. The lowest BCUT2D eigenvalue weighted by molar-refractivity contribution is -0.384. The highest BCUT2D eigenvalue weighted by atomic mass is 16.6. The van der Waals surface area contributed by atoms with Gasteiger partial charge in [-0.3, -0.25) is 14.9 Å². The lowest BCUT2D eigenvalue weighted by atomic mass is 9.95. The molecule has 0 amide bonds. The number of rotatable bonds is 2. The second kappa shape index (κ2) is 5.12. The maximum atomic E-state index is 12.1. The first-order chi connectivity index (χ1) is 9.70. The first-order valence-corrected chi connectivity index (χ1v) is 6.56. The van der Waals surface area contributed by atoms with E-state index < -0.39 is 4.92 Å². The molecule has 21 heavy (non-hydrogen) atoms. The van der Waals surface area contributed by atoms with Gasteiger partial charge in [-0.15, -0.1) is 0 Å². The van der Waals surface area contributed by atoms with Crippen molar-refractivity contribution in [2.24, 2.45) is 0 Å². The highest BCUT2D eigenvalue weighted by molar-refractivity contribution is 5.65. The fourth-order valence-corrected chi connectivity index (χ4v) is 1.94. The highest BCUT2D eigenvalue weighted by Gasteiger charge is 2.20. The van der Waals surface area contributed by atoms with E-state index >= 15 is 0 Å². The van der Waals surface area contributed by atoms with Crippen molar-refractivity contribution in [1.82, 2.24) is 9.97 Å². The number of aromatic amines is 1. The summed E-state index contributed by atoms with van der Waals surface area (Å²) in [6.45, 7) is 7.49. The van der Waals surface area contributed by atoms with Crippen LogP contribution in [0.3, 0.4) is 0 Å². The van der Waals surface area contributed by atoms with Gasteiger partial charge in [-0.25, -0.2) is 4.98 Å². The molecular formula is C15H17N3O3. The Morgan fingerprint density at radius 3 is 2.52 bits per heavy atom. The van der Waals surface area contributed by atoms with Crippen LogP contribution in [-0.2, 0) is 5.41 Å². The molecule has 0 saturated carbocycles. The molecule has 1 N–H and O–H groups in total. The summed E-state index contributed by atoms with van der Waals surface area (Å²) in [5, 5.41) is 10.9. The summed E-state index contributed by atoms with van der Waals surface area (Å²) >= 11 is 0. The molecule has 110 valence electrons. The van der Waals surface area contributed by atoms with Gasteiger partial charge in [0.2, 0.25) is 0 Å². The fraction of sp³-hybridized carbons (Fsp3) is 0.333. The number of nitro groups is 1. The number of nitro benzene ring substituents is 1. The first kappa shape index (κ1) is 14.9. The number of hydrogen-bond donors (Lipinski definition) is 1. The molecule has 2 aromatic rings. The van der Waals surface area contributed by atoms with Crippen molar-refractivity contribution >= 4 is 5.69 Å². The SMILES string of the molecule is Cc1c(-c2cccc([N+](=O)[O-])c2)nc(C(C)(C)C)[nH]c1=O. The van der Waals surface area contributed by atoms with Crippen molar-refractivity contribution in [3.05, 3.63) is 56.1 Å². The monoisotopic (exact) mass is 287 g/mol. The average molecular weight is 287 g/mol. The zero-order valence-corrected chi connectivity index (χ0v) is 12.4. The number of non-ortho nitro benzene ring substituents is 1. The molecular weight excluding hydrogens is 270 g/mol. The molecule has 0 saturated heterocycles. The van der Waals surface area contributed by atoms with Crippen LogP contribution in [0.25, 0.3) is 11.3 Å². The molecule has 0 fully saturated rings. The van der Waals surface area contributed by atoms with Crippen LogP contribution in [0.4, 0.5) is 5.69 Å². The lowest BCUT2D eigenvalue weighted by Gasteiger charge is -2.18. The Morgan fingerprint density at radius 1 is 1.29 bits per heavy atom. The van der Waals surface area contributed by atoms with Gasteiger partial charge < -0.3 is 4.98 Å². The van der Waals surface area contributed by atoms with E-state index in [0.29, 0.717) is 22.6 Å². The van der Waals surface area contributed by atoms with Gasteiger partial charge in [-0.1, -0.05) is 32.9 Å². The van der Waals surface area contributed by atoms with Crippen molar-refractivity contribution in [3.8, 4) is 11.3 Å². The van der Waals surface area contributed by atoms with Crippen molar-refractivity contribution in [3.63, 3.8) is 0 Å². The van der Waals surface area contributed by atoms with E-state index in [4.69, 9.17) is 0 Å². The van der Waals surface area contributed by atoms with Crippen LogP contribution in [-0.4, -0.2) is 14.9 Å². The summed E-state index contributed by atoms with van der Waals surface area (Å²) in [6, 6.07) is 6.15.